The summed E-state index contributed by atoms with van der Waals surface area (Å²) in [7, 11) is 0. The van der Waals surface area contributed by atoms with Gasteiger partial charge in [-0.2, -0.15) is 0 Å². The molecular formula is C12H17NO4. The monoisotopic (exact) mass is 239 g/mol. The first kappa shape index (κ1) is 12.1. The minimum Gasteiger partial charge on any atom is -0.481 e. The van der Waals surface area contributed by atoms with Crippen LogP contribution in [0.15, 0.2) is 12.2 Å². The molecule has 2 bridgehead atoms. The van der Waals surface area contributed by atoms with Crippen LogP contribution in [0.3, 0.4) is 0 Å². The number of nitrogens with one attached hydrogen (secondary N) is 1. The highest BCUT2D eigenvalue weighted by molar-refractivity contribution is 5.87. The predicted octanol–water partition coefficient (Wildman–Crippen LogP) is 0.557. The van der Waals surface area contributed by atoms with E-state index in [1.54, 1.807) is 12.2 Å². The number of unbranched alkanes of at least 4 members (excludes halogenated alkanes) is 1. The summed E-state index contributed by atoms with van der Waals surface area (Å²) in [6, 6.07) is 0. The maximum Gasteiger partial charge on any atom is 0.310 e. The van der Waals surface area contributed by atoms with Gasteiger partial charge in [0.1, 0.15) is 5.92 Å². The highest BCUT2D eigenvalue weighted by Crippen LogP contribution is 2.39. The lowest BCUT2D eigenvalue weighted by molar-refractivity contribution is -0.146. The molecule has 2 heterocycles. The van der Waals surface area contributed by atoms with Crippen molar-refractivity contribution < 1.29 is 19.4 Å². The van der Waals surface area contributed by atoms with Gasteiger partial charge >= 0.3 is 5.97 Å². The molecule has 2 rings (SSSR count). The molecule has 1 fully saturated rings. The van der Waals surface area contributed by atoms with E-state index in [1.807, 2.05) is 6.92 Å². The van der Waals surface area contributed by atoms with E-state index in [0.29, 0.717) is 6.54 Å². The minimum atomic E-state index is -0.961. The Morgan fingerprint density at radius 3 is 2.53 bits per heavy atom. The van der Waals surface area contributed by atoms with E-state index in [-0.39, 0.29) is 12.0 Å². The second-order valence-corrected chi connectivity index (χ2v) is 4.48. The van der Waals surface area contributed by atoms with Gasteiger partial charge in [-0.15, -0.1) is 0 Å². The molecular weight excluding hydrogens is 222 g/mol. The summed E-state index contributed by atoms with van der Waals surface area (Å²) in [5.41, 5.74) is 0. The zero-order chi connectivity index (χ0) is 12.4. The topological polar surface area (TPSA) is 75.6 Å². The fraction of sp³-hybridized carbons (Fsp3) is 0.667. The van der Waals surface area contributed by atoms with E-state index < -0.39 is 23.9 Å². The largest absolute Gasteiger partial charge is 0.481 e. The Hall–Kier alpha value is -1.36. The molecule has 0 radical (unpaired) electrons. The Labute approximate surface area is 99.8 Å². The number of aliphatic carboxylic acids is 1. The van der Waals surface area contributed by atoms with Crippen LogP contribution in [0.2, 0.25) is 0 Å². The van der Waals surface area contributed by atoms with Gasteiger partial charge in [-0.05, 0) is 6.42 Å². The molecule has 4 atom stereocenters. The third-order valence-corrected chi connectivity index (χ3v) is 3.32. The fourth-order valence-electron chi connectivity index (χ4n) is 2.42. The van der Waals surface area contributed by atoms with E-state index in [1.165, 1.54) is 0 Å². The number of hydrogen-bond donors (Lipinski definition) is 2. The van der Waals surface area contributed by atoms with Crippen LogP contribution in [-0.4, -0.2) is 35.7 Å². The lowest BCUT2D eigenvalue weighted by Crippen LogP contribution is -2.42. The number of ether oxygens (including phenoxy) is 1. The number of carbonyl (C=O) groups is 2. The highest BCUT2D eigenvalue weighted by Gasteiger charge is 2.52. The smallest absolute Gasteiger partial charge is 0.310 e. The molecule has 0 aliphatic carbocycles. The van der Waals surface area contributed by atoms with Gasteiger partial charge in [0.25, 0.3) is 0 Å². The third kappa shape index (κ3) is 2.20. The van der Waals surface area contributed by atoms with E-state index in [9.17, 15) is 9.59 Å². The molecule has 0 aromatic heterocycles. The van der Waals surface area contributed by atoms with Crippen molar-refractivity contribution in [2.45, 2.75) is 32.0 Å². The number of fused-ring (bicyclic) bond motifs is 2. The van der Waals surface area contributed by atoms with Gasteiger partial charge in [-0.3, -0.25) is 9.59 Å². The van der Waals surface area contributed by atoms with E-state index in [4.69, 9.17) is 9.84 Å². The first-order valence-electron chi connectivity index (χ1n) is 5.99. The van der Waals surface area contributed by atoms with Gasteiger partial charge < -0.3 is 15.2 Å². The van der Waals surface area contributed by atoms with E-state index in [0.717, 1.165) is 12.8 Å². The molecule has 17 heavy (non-hydrogen) atoms. The van der Waals surface area contributed by atoms with Crippen LogP contribution < -0.4 is 5.32 Å². The molecule has 0 unspecified atom stereocenters. The number of carboxylic acid groups (broad SMARTS) is 1. The number of carbonyl (C=O) groups excluding carboxylic acids is 1. The zero-order valence-corrected chi connectivity index (χ0v) is 9.76. The molecule has 0 aromatic carbocycles. The fourth-order valence-corrected chi connectivity index (χ4v) is 2.42. The molecule has 0 spiro atoms. The van der Waals surface area contributed by atoms with Crippen LogP contribution in [0.25, 0.3) is 0 Å². The van der Waals surface area contributed by atoms with Crippen LogP contribution in [0.4, 0.5) is 0 Å². The van der Waals surface area contributed by atoms with Gasteiger partial charge in [0.05, 0.1) is 18.1 Å². The van der Waals surface area contributed by atoms with Crippen molar-refractivity contribution in [2.24, 2.45) is 11.8 Å². The number of hydrogen-bond acceptors (Lipinski definition) is 3. The molecule has 5 heteroatoms. The van der Waals surface area contributed by atoms with Crippen molar-refractivity contribution >= 4 is 11.9 Å². The SMILES string of the molecule is CCCCNC(=O)[C@@H]1[C@@H](C(=O)O)[C@H]2C=C[C@@H]1O2. The molecule has 2 N–H and O–H groups in total. The van der Waals surface area contributed by atoms with Crippen LogP contribution in [-0.2, 0) is 14.3 Å². The number of rotatable bonds is 5. The van der Waals surface area contributed by atoms with Crippen molar-refractivity contribution in [1.82, 2.24) is 5.32 Å². The van der Waals surface area contributed by atoms with Gasteiger partial charge in [-0.1, -0.05) is 25.5 Å². The number of carboxylic acids is 1. The minimum absolute atomic E-state index is 0.206. The van der Waals surface area contributed by atoms with Crippen LogP contribution in [0.5, 0.6) is 0 Å². The Morgan fingerprint density at radius 1 is 1.29 bits per heavy atom. The van der Waals surface area contributed by atoms with Crippen LogP contribution >= 0.6 is 0 Å². The maximum atomic E-state index is 11.9. The summed E-state index contributed by atoms with van der Waals surface area (Å²) >= 11 is 0. The lowest BCUT2D eigenvalue weighted by atomic mass is 9.82. The molecule has 94 valence electrons. The van der Waals surface area contributed by atoms with Gasteiger partial charge in [-0.25, -0.2) is 0 Å². The van der Waals surface area contributed by atoms with Crippen LogP contribution in [0.1, 0.15) is 19.8 Å². The summed E-state index contributed by atoms with van der Waals surface area (Å²) in [6.07, 6.45) is 4.60. The molecule has 2 aliphatic rings. The summed E-state index contributed by atoms with van der Waals surface area (Å²) in [5.74, 6) is -2.49. The summed E-state index contributed by atoms with van der Waals surface area (Å²) in [5, 5.41) is 11.9. The molecule has 0 aromatic rings. The summed E-state index contributed by atoms with van der Waals surface area (Å²) < 4.78 is 5.43. The second kappa shape index (κ2) is 4.87. The van der Waals surface area contributed by atoms with Gasteiger partial charge in [0.15, 0.2) is 0 Å². The van der Waals surface area contributed by atoms with Crippen molar-refractivity contribution in [2.75, 3.05) is 6.54 Å². The van der Waals surface area contributed by atoms with E-state index >= 15 is 0 Å². The Balaban J connectivity index is 2.01. The molecule has 2 aliphatic heterocycles. The Morgan fingerprint density at radius 2 is 1.94 bits per heavy atom. The predicted molar refractivity (Wildman–Crippen MR) is 60.3 cm³/mol. The lowest BCUT2D eigenvalue weighted by Gasteiger charge is -2.20. The summed E-state index contributed by atoms with van der Waals surface area (Å²) in [6.45, 7) is 2.63. The zero-order valence-electron chi connectivity index (χ0n) is 9.76. The standard InChI is InChI=1S/C12H17NO4/c1-2-3-6-13-11(14)9-7-4-5-8(17-7)10(9)12(15)16/h4-5,7-10H,2-3,6H2,1H3,(H,13,14)(H,15,16)/t7-,8+,9-,10-/m0/s1. The Kier molecular flexibility index (Phi) is 3.47. The number of amides is 1. The normalized spacial score (nSPS) is 33.9. The van der Waals surface area contributed by atoms with E-state index in [2.05, 4.69) is 5.32 Å². The molecule has 1 amide bonds. The highest BCUT2D eigenvalue weighted by atomic mass is 16.5. The van der Waals surface area contributed by atoms with Crippen molar-refractivity contribution in [3.8, 4) is 0 Å². The average molecular weight is 239 g/mol. The third-order valence-electron chi connectivity index (χ3n) is 3.32. The van der Waals surface area contributed by atoms with Gasteiger partial charge in [0, 0.05) is 6.54 Å². The quantitative estimate of drug-likeness (QED) is 0.543. The Bertz CT molecular complexity index is 352. The van der Waals surface area contributed by atoms with Crippen molar-refractivity contribution in [3.63, 3.8) is 0 Å². The van der Waals surface area contributed by atoms with Crippen LogP contribution in [0, 0.1) is 11.8 Å². The second-order valence-electron chi connectivity index (χ2n) is 4.48. The average Bonchev–Trinajstić information content (AvgIpc) is 2.88. The molecule has 1 saturated heterocycles. The first-order valence-corrected chi connectivity index (χ1v) is 5.99. The van der Waals surface area contributed by atoms with Crippen molar-refractivity contribution in [1.29, 1.82) is 0 Å². The van der Waals surface area contributed by atoms with Gasteiger partial charge in [0.2, 0.25) is 5.91 Å². The molecule has 5 nitrogen and oxygen atoms in total. The maximum absolute atomic E-state index is 11.9. The molecule has 0 saturated carbocycles. The first-order chi connectivity index (χ1) is 8.15. The summed E-state index contributed by atoms with van der Waals surface area (Å²) in [4.78, 5) is 23.1. The van der Waals surface area contributed by atoms with Crippen molar-refractivity contribution in [3.05, 3.63) is 12.2 Å².